The highest BCUT2D eigenvalue weighted by atomic mass is 32.2. The molecule has 0 atom stereocenters. The number of rotatable bonds is 7. The average Bonchev–Trinajstić information content (AvgIpc) is 2.38. The van der Waals surface area contributed by atoms with E-state index in [1.807, 2.05) is 0 Å². The summed E-state index contributed by atoms with van der Waals surface area (Å²) in [6, 6.07) is 3.21. The Morgan fingerprint density at radius 2 is 2.10 bits per heavy atom. The summed E-state index contributed by atoms with van der Waals surface area (Å²) in [6.07, 6.45) is 0. The fourth-order valence-corrected chi connectivity index (χ4v) is 1.98. The molecular weight excluding hydrogens is 290 g/mol. The number of anilines is 1. The van der Waals surface area contributed by atoms with Crippen LogP contribution in [0.15, 0.2) is 18.2 Å². The van der Waals surface area contributed by atoms with Crippen molar-refractivity contribution in [2.75, 3.05) is 24.7 Å². The third kappa shape index (κ3) is 4.17. The van der Waals surface area contributed by atoms with Gasteiger partial charge in [0.15, 0.2) is 0 Å². The summed E-state index contributed by atoms with van der Waals surface area (Å²) in [5, 5.41) is 22.2. The molecule has 0 aliphatic rings. The van der Waals surface area contributed by atoms with Crippen molar-refractivity contribution in [3.05, 3.63) is 33.9 Å². The Bertz CT molecular complexity index is 628. The maximum Gasteiger partial charge on any atom is 0.337 e. The van der Waals surface area contributed by atoms with Crippen LogP contribution in [0, 0.1) is 10.1 Å². The van der Waals surface area contributed by atoms with Crippen LogP contribution in [0.5, 0.6) is 0 Å². The summed E-state index contributed by atoms with van der Waals surface area (Å²) in [7, 11) is -2.19. The first-order valence-electron chi connectivity index (χ1n) is 5.43. The van der Waals surface area contributed by atoms with Gasteiger partial charge in [0.1, 0.15) is 0 Å². The highest BCUT2D eigenvalue weighted by Gasteiger charge is 2.16. The number of hydrogen-bond donors (Lipinski definition) is 3. The van der Waals surface area contributed by atoms with Crippen LogP contribution >= 0.6 is 0 Å². The van der Waals surface area contributed by atoms with Crippen molar-refractivity contribution in [3.63, 3.8) is 0 Å². The van der Waals surface area contributed by atoms with Crippen molar-refractivity contribution in [2.45, 2.75) is 0 Å². The number of sulfonamides is 1. The zero-order valence-corrected chi connectivity index (χ0v) is 11.3. The molecule has 0 aliphatic carbocycles. The molecule has 0 spiro atoms. The summed E-state index contributed by atoms with van der Waals surface area (Å²) in [5.41, 5.74) is -0.454. The van der Waals surface area contributed by atoms with Gasteiger partial charge in [-0.1, -0.05) is 0 Å². The Hall–Kier alpha value is -2.20. The lowest BCUT2D eigenvalue weighted by molar-refractivity contribution is -0.384. The normalized spacial score (nSPS) is 11.1. The van der Waals surface area contributed by atoms with Crippen LogP contribution in [0.1, 0.15) is 10.4 Å². The molecule has 0 heterocycles. The smallest absolute Gasteiger partial charge is 0.337 e. The molecule has 0 bridgehead atoms. The molecule has 0 aliphatic heterocycles. The van der Waals surface area contributed by atoms with Gasteiger partial charge in [-0.15, -0.1) is 0 Å². The van der Waals surface area contributed by atoms with Crippen molar-refractivity contribution >= 4 is 27.4 Å². The predicted molar refractivity (Wildman–Crippen MR) is 71.4 cm³/mol. The maximum atomic E-state index is 11.2. The van der Waals surface area contributed by atoms with Gasteiger partial charge in [-0.3, -0.25) is 10.1 Å². The molecule has 1 aromatic rings. The van der Waals surface area contributed by atoms with E-state index in [1.165, 1.54) is 7.05 Å². The third-order valence-corrected chi connectivity index (χ3v) is 3.81. The Morgan fingerprint density at radius 3 is 2.60 bits per heavy atom. The van der Waals surface area contributed by atoms with Gasteiger partial charge in [0, 0.05) is 18.7 Å². The molecule has 1 aromatic carbocycles. The van der Waals surface area contributed by atoms with Gasteiger partial charge >= 0.3 is 5.97 Å². The predicted octanol–water partition coefficient (Wildman–Crippen LogP) is 0.254. The van der Waals surface area contributed by atoms with E-state index in [9.17, 15) is 23.3 Å². The van der Waals surface area contributed by atoms with E-state index in [0.717, 1.165) is 18.2 Å². The molecule has 0 amide bonds. The van der Waals surface area contributed by atoms with Gasteiger partial charge < -0.3 is 10.4 Å². The van der Waals surface area contributed by atoms with Crippen LogP contribution in [0.3, 0.4) is 0 Å². The molecule has 3 N–H and O–H groups in total. The second-order valence-electron chi connectivity index (χ2n) is 3.74. The van der Waals surface area contributed by atoms with E-state index in [2.05, 4.69) is 10.0 Å². The van der Waals surface area contributed by atoms with Crippen LogP contribution in [0.4, 0.5) is 11.4 Å². The number of aromatic carboxylic acids is 1. The standard InChI is InChI=1S/C10H13N3O6S/c1-11-20(18,19)5-4-12-9-6-7(13(16)17)2-3-8(9)10(14)15/h2-3,6,11-12H,4-5H2,1H3,(H,14,15). The monoisotopic (exact) mass is 303 g/mol. The number of nitrogens with one attached hydrogen (secondary N) is 2. The molecule has 110 valence electrons. The van der Waals surface area contributed by atoms with Gasteiger partial charge in [-0.25, -0.2) is 17.9 Å². The Kier molecular flexibility index (Phi) is 5.00. The molecule has 0 saturated carbocycles. The molecule has 0 radical (unpaired) electrons. The van der Waals surface area contributed by atoms with E-state index >= 15 is 0 Å². The first-order valence-corrected chi connectivity index (χ1v) is 7.09. The molecule has 1 rings (SSSR count). The lowest BCUT2D eigenvalue weighted by Crippen LogP contribution is -2.26. The van der Waals surface area contributed by atoms with Gasteiger partial charge in [-0.2, -0.15) is 0 Å². The Labute approximate surface area is 114 Å². The van der Waals surface area contributed by atoms with Crippen molar-refractivity contribution in [1.29, 1.82) is 0 Å². The minimum Gasteiger partial charge on any atom is -0.478 e. The number of carboxylic acid groups (broad SMARTS) is 1. The fourth-order valence-electron chi connectivity index (χ4n) is 1.40. The first kappa shape index (κ1) is 15.9. The Morgan fingerprint density at radius 1 is 1.45 bits per heavy atom. The molecule has 0 fully saturated rings. The van der Waals surface area contributed by atoms with E-state index in [0.29, 0.717) is 0 Å². The largest absolute Gasteiger partial charge is 0.478 e. The minimum atomic E-state index is -3.44. The van der Waals surface area contributed by atoms with Crippen LogP contribution in [-0.2, 0) is 10.0 Å². The summed E-state index contributed by atoms with van der Waals surface area (Å²) < 4.78 is 24.5. The first-order chi connectivity index (χ1) is 9.26. The number of carbonyl (C=O) groups is 1. The highest BCUT2D eigenvalue weighted by molar-refractivity contribution is 7.89. The van der Waals surface area contributed by atoms with E-state index in [1.54, 1.807) is 0 Å². The van der Waals surface area contributed by atoms with Gasteiger partial charge in [-0.05, 0) is 13.1 Å². The molecule has 0 aromatic heterocycles. The lowest BCUT2D eigenvalue weighted by atomic mass is 10.1. The fraction of sp³-hybridized carbons (Fsp3) is 0.300. The minimum absolute atomic E-state index is 0.00185. The Balaban J connectivity index is 2.94. The van der Waals surface area contributed by atoms with Crippen molar-refractivity contribution in [1.82, 2.24) is 4.72 Å². The maximum absolute atomic E-state index is 11.2. The number of hydrogen-bond acceptors (Lipinski definition) is 6. The zero-order valence-electron chi connectivity index (χ0n) is 10.5. The number of nitro groups is 1. The van der Waals surface area contributed by atoms with Crippen molar-refractivity contribution < 1.29 is 23.2 Å². The summed E-state index contributed by atoms with van der Waals surface area (Å²) in [6.45, 7) is -0.0787. The van der Waals surface area contributed by atoms with Gasteiger partial charge in [0.2, 0.25) is 10.0 Å². The second-order valence-corrected chi connectivity index (χ2v) is 5.79. The van der Waals surface area contributed by atoms with Crippen LogP contribution in [0.2, 0.25) is 0 Å². The molecule has 10 heteroatoms. The molecular formula is C10H13N3O6S. The van der Waals surface area contributed by atoms with Crippen LogP contribution < -0.4 is 10.0 Å². The molecule has 0 unspecified atom stereocenters. The molecule has 20 heavy (non-hydrogen) atoms. The van der Waals surface area contributed by atoms with E-state index in [-0.39, 0.29) is 29.2 Å². The van der Waals surface area contributed by atoms with E-state index in [4.69, 9.17) is 5.11 Å². The van der Waals surface area contributed by atoms with Gasteiger partial charge in [0.05, 0.1) is 21.9 Å². The summed E-state index contributed by atoms with van der Waals surface area (Å²) in [4.78, 5) is 21.0. The number of nitrogens with zero attached hydrogens (tertiary/aromatic N) is 1. The summed E-state index contributed by atoms with van der Waals surface area (Å²) in [5.74, 6) is -1.55. The molecule has 9 nitrogen and oxygen atoms in total. The zero-order chi connectivity index (χ0) is 15.3. The van der Waals surface area contributed by atoms with Crippen LogP contribution in [0.25, 0.3) is 0 Å². The average molecular weight is 303 g/mol. The number of non-ortho nitro benzene ring substituents is 1. The lowest BCUT2D eigenvalue weighted by Gasteiger charge is -2.09. The molecule has 0 saturated heterocycles. The quantitative estimate of drug-likeness (QED) is 0.484. The number of benzene rings is 1. The summed E-state index contributed by atoms with van der Waals surface area (Å²) >= 11 is 0. The highest BCUT2D eigenvalue weighted by Crippen LogP contribution is 2.22. The third-order valence-electron chi connectivity index (χ3n) is 2.44. The van der Waals surface area contributed by atoms with Crippen LogP contribution in [-0.4, -0.2) is 43.8 Å². The topological polar surface area (TPSA) is 139 Å². The van der Waals surface area contributed by atoms with Crippen molar-refractivity contribution in [2.24, 2.45) is 0 Å². The SMILES string of the molecule is CNS(=O)(=O)CCNc1cc([N+](=O)[O-])ccc1C(=O)O. The van der Waals surface area contributed by atoms with Crippen molar-refractivity contribution in [3.8, 4) is 0 Å². The van der Waals surface area contributed by atoms with E-state index < -0.39 is 20.9 Å². The number of carboxylic acids is 1. The number of nitro benzene ring substituents is 1. The second kappa shape index (κ2) is 6.30. The van der Waals surface area contributed by atoms with Gasteiger partial charge in [0.25, 0.3) is 5.69 Å².